The van der Waals surface area contributed by atoms with E-state index in [4.69, 9.17) is 0 Å². The molecule has 1 amide bonds. The van der Waals surface area contributed by atoms with E-state index in [9.17, 15) is 9.18 Å². The number of carbonyl (C=O) groups excluding carboxylic acids is 1. The average Bonchev–Trinajstić information content (AvgIpc) is 2.28. The van der Waals surface area contributed by atoms with Gasteiger partial charge >= 0.3 is 0 Å². The van der Waals surface area contributed by atoms with Gasteiger partial charge in [-0.1, -0.05) is 32.0 Å². The molecule has 1 atom stereocenters. The van der Waals surface area contributed by atoms with Gasteiger partial charge < -0.3 is 10.6 Å². The van der Waals surface area contributed by atoms with Gasteiger partial charge in [-0.25, -0.2) is 4.39 Å². The molecule has 0 aliphatic carbocycles. The van der Waals surface area contributed by atoms with Gasteiger partial charge in [0.1, 0.15) is 5.82 Å². The highest BCUT2D eigenvalue weighted by Gasteiger charge is 2.12. The molecule has 0 saturated heterocycles. The highest BCUT2D eigenvalue weighted by molar-refractivity contribution is 5.76. The van der Waals surface area contributed by atoms with Crippen LogP contribution in [0, 0.1) is 5.82 Å². The third-order valence-corrected chi connectivity index (χ3v) is 2.65. The highest BCUT2D eigenvalue weighted by atomic mass is 19.1. The van der Waals surface area contributed by atoms with Crippen LogP contribution in [0.15, 0.2) is 24.3 Å². The summed E-state index contributed by atoms with van der Waals surface area (Å²) in [5, 5.41) is 5.96. The van der Waals surface area contributed by atoms with Gasteiger partial charge in [-0.15, -0.1) is 0 Å². The second kappa shape index (κ2) is 7.11. The van der Waals surface area contributed by atoms with Crippen LogP contribution in [0.4, 0.5) is 4.39 Å². The predicted molar refractivity (Wildman–Crippen MR) is 70.7 cm³/mol. The smallest absolute Gasteiger partial charge is 0.221 e. The highest BCUT2D eigenvalue weighted by Crippen LogP contribution is 2.15. The van der Waals surface area contributed by atoms with Gasteiger partial charge in [-0.3, -0.25) is 4.79 Å². The van der Waals surface area contributed by atoms with E-state index in [1.807, 2.05) is 13.8 Å². The minimum absolute atomic E-state index is 0.0705. The Bertz CT molecular complexity index is 393. The fourth-order valence-corrected chi connectivity index (χ4v) is 1.69. The van der Waals surface area contributed by atoms with Gasteiger partial charge in [0.25, 0.3) is 0 Å². The van der Waals surface area contributed by atoms with E-state index in [2.05, 4.69) is 10.6 Å². The molecule has 0 saturated carbocycles. The quantitative estimate of drug-likeness (QED) is 0.816. The summed E-state index contributed by atoms with van der Waals surface area (Å²) < 4.78 is 13.5. The fourth-order valence-electron chi connectivity index (χ4n) is 1.69. The lowest BCUT2D eigenvalue weighted by molar-refractivity contribution is -0.121. The van der Waals surface area contributed by atoms with Crippen molar-refractivity contribution in [3.05, 3.63) is 35.6 Å². The molecular weight excluding hydrogens is 231 g/mol. The molecule has 1 rings (SSSR count). The Morgan fingerprint density at radius 2 is 1.94 bits per heavy atom. The van der Waals surface area contributed by atoms with E-state index in [-0.39, 0.29) is 17.8 Å². The minimum atomic E-state index is -0.308. The third kappa shape index (κ3) is 4.84. The molecular formula is C14H21FN2O. The van der Waals surface area contributed by atoms with Crippen molar-refractivity contribution in [1.82, 2.24) is 10.6 Å². The summed E-state index contributed by atoms with van der Waals surface area (Å²) in [5.41, 5.74) is 0.516. The molecule has 0 bridgehead atoms. The van der Waals surface area contributed by atoms with Gasteiger partial charge in [-0.2, -0.15) is 0 Å². The fraction of sp³-hybridized carbons (Fsp3) is 0.500. The van der Waals surface area contributed by atoms with Crippen LogP contribution in [0.25, 0.3) is 0 Å². The molecule has 100 valence electrons. The van der Waals surface area contributed by atoms with Gasteiger partial charge in [0.05, 0.1) is 6.04 Å². The SMILES string of the molecule is CC(C)NCCC(=O)NC(C)c1ccccc1F. The lowest BCUT2D eigenvalue weighted by Gasteiger charge is -2.15. The van der Waals surface area contributed by atoms with E-state index < -0.39 is 0 Å². The van der Waals surface area contributed by atoms with Crippen molar-refractivity contribution in [2.75, 3.05) is 6.54 Å². The van der Waals surface area contributed by atoms with Crippen LogP contribution in [-0.2, 0) is 4.79 Å². The van der Waals surface area contributed by atoms with Gasteiger partial charge in [0.2, 0.25) is 5.91 Å². The van der Waals surface area contributed by atoms with Crippen molar-refractivity contribution in [2.24, 2.45) is 0 Å². The number of hydrogen-bond acceptors (Lipinski definition) is 2. The Labute approximate surface area is 108 Å². The Balaban J connectivity index is 2.42. The Hall–Kier alpha value is -1.42. The summed E-state index contributed by atoms with van der Waals surface area (Å²) in [5.74, 6) is -0.357. The van der Waals surface area contributed by atoms with E-state index in [1.165, 1.54) is 6.07 Å². The van der Waals surface area contributed by atoms with Gasteiger partial charge in [0, 0.05) is 24.6 Å². The third-order valence-electron chi connectivity index (χ3n) is 2.65. The van der Waals surface area contributed by atoms with Crippen molar-refractivity contribution in [2.45, 2.75) is 39.3 Å². The summed E-state index contributed by atoms with van der Waals surface area (Å²) in [7, 11) is 0. The average molecular weight is 252 g/mol. The molecule has 1 aromatic carbocycles. The standard InChI is InChI=1S/C14H21FN2O/c1-10(2)16-9-8-14(18)17-11(3)12-6-4-5-7-13(12)15/h4-7,10-11,16H,8-9H2,1-3H3,(H,17,18). The molecule has 0 fully saturated rings. The maximum atomic E-state index is 13.5. The van der Waals surface area contributed by atoms with Crippen LogP contribution < -0.4 is 10.6 Å². The number of rotatable bonds is 6. The zero-order chi connectivity index (χ0) is 13.5. The van der Waals surface area contributed by atoms with E-state index in [0.29, 0.717) is 24.6 Å². The minimum Gasteiger partial charge on any atom is -0.349 e. The number of carbonyl (C=O) groups is 1. The molecule has 1 aromatic rings. The summed E-state index contributed by atoms with van der Waals surface area (Å²) >= 11 is 0. The molecule has 1 unspecified atom stereocenters. The number of halogens is 1. The first-order chi connectivity index (χ1) is 8.50. The predicted octanol–water partition coefficient (Wildman–Crippen LogP) is 2.39. The number of benzene rings is 1. The Morgan fingerprint density at radius 3 is 2.56 bits per heavy atom. The molecule has 0 radical (unpaired) electrons. The topological polar surface area (TPSA) is 41.1 Å². The van der Waals surface area contributed by atoms with Gasteiger partial charge in [0.15, 0.2) is 0 Å². The number of hydrogen-bond donors (Lipinski definition) is 2. The second-order valence-corrected chi connectivity index (χ2v) is 4.67. The number of amides is 1. The van der Waals surface area contributed by atoms with Gasteiger partial charge in [-0.05, 0) is 13.0 Å². The van der Waals surface area contributed by atoms with Crippen molar-refractivity contribution >= 4 is 5.91 Å². The maximum Gasteiger partial charge on any atom is 0.221 e. The molecule has 0 aromatic heterocycles. The van der Waals surface area contributed by atoms with Crippen molar-refractivity contribution in [3.8, 4) is 0 Å². The summed E-state index contributed by atoms with van der Waals surface area (Å²) in [6.45, 7) is 6.47. The molecule has 3 nitrogen and oxygen atoms in total. The summed E-state index contributed by atoms with van der Waals surface area (Å²) in [4.78, 5) is 11.6. The van der Waals surface area contributed by atoms with Crippen molar-refractivity contribution < 1.29 is 9.18 Å². The van der Waals surface area contributed by atoms with E-state index in [1.54, 1.807) is 25.1 Å². The summed E-state index contributed by atoms with van der Waals surface area (Å²) in [6, 6.07) is 6.55. The monoisotopic (exact) mass is 252 g/mol. The lowest BCUT2D eigenvalue weighted by Crippen LogP contribution is -2.32. The summed E-state index contributed by atoms with van der Waals surface area (Å²) in [6.07, 6.45) is 0.400. The van der Waals surface area contributed by atoms with Crippen LogP contribution in [0.3, 0.4) is 0 Å². The molecule has 0 heterocycles. The molecule has 4 heteroatoms. The Morgan fingerprint density at radius 1 is 1.28 bits per heavy atom. The van der Waals surface area contributed by atoms with Crippen LogP contribution >= 0.6 is 0 Å². The van der Waals surface area contributed by atoms with Crippen molar-refractivity contribution in [1.29, 1.82) is 0 Å². The molecule has 0 aliphatic heterocycles. The molecule has 2 N–H and O–H groups in total. The first-order valence-corrected chi connectivity index (χ1v) is 6.28. The van der Waals surface area contributed by atoms with Crippen molar-refractivity contribution in [3.63, 3.8) is 0 Å². The largest absolute Gasteiger partial charge is 0.349 e. The van der Waals surface area contributed by atoms with E-state index >= 15 is 0 Å². The zero-order valence-corrected chi connectivity index (χ0v) is 11.2. The second-order valence-electron chi connectivity index (χ2n) is 4.67. The zero-order valence-electron chi connectivity index (χ0n) is 11.2. The van der Waals surface area contributed by atoms with Crippen LogP contribution in [0.2, 0.25) is 0 Å². The normalized spacial score (nSPS) is 12.5. The number of nitrogens with one attached hydrogen (secondary N) is 2. The first kappa shape index (κ1) is 14.6. The van der Waals surface area contributed by atoms with Crippen LogP contribution in [0.5, 0.6) is 0 Å². The molecule has 18 heavy (non-hydrogen) atoms. The molecule has 0 aliphatic rings. The van der Waals surface area contributed by atoms with Crippen LogP contribution in [0.1, 0.15) is 38.8 Å². The van der Waals surface area contributed by atoms with Crippen LogP contribution in [-0.4, -0.2) is 18.5 Å². The molecule has 0 spiro atoms. The first-order valence-electron chi connectivity index (χ1n) is 6.28. The lowest BCUT2D eigenvalue weighted by atomic mass is 10.1. The maximum absolute atomic E-state index is 13.5. The Kier molecular flexibility index (Phi) is 5.78. The van der Waals surface area contributed by atoms with E-state index in [0.717, 1.165) is 0 Å².